The van der Waals surface area contributed by atoms with E-state index in [4.69, 9.17) is 11.6 Å². The minimum Gasteiger partial charge on any atom is -0.229 e. The summed E-state index contributed by atoms with van der Waals surface area (Å²) in [6.45, 7) is 1.50. The molecule has 2 nitrogen and oxygen atoms in total. The molecule has 2 heterocycles. The first-order valence-electron chi connectivity index (χ1n) is 4.83. The topological polar surface area (TPSA) is 25.8 Å². The molecule has 0 amide bonds. The summed E-state index contributed by atoms with van der Waals surface area (Å²) in [5, 5.41) is -0.167. The zero-order valence-electron chi connectivity index (χ0n) is 9.09. The number of nitrogens with zero attached hydrogens (tertiary/aromatic N) is 2. The van der Waals surface area contributed by atoms with Crippen molar-refractivity contribution in [2.45, 2.75) is 13.1 Å². The van der Waals surface area contributed by atoms with E-state index < -0.39 is 12.0 Å². The highest BCUT2D eigenvalue weighted by atomic mass is 127. The molecule has 0 fully saturated rings. The molecule has 0 radical (unpaired) electrons. The molecule has 7 heteroatoms. The SMILES string of the molecule is Cc1nc(C(F)(F)F)nc(Cl)c1C1=CC=IC=C1. The van der Waals surface area contributed by atoms with Crippen LogP contribution in [0.2, 0.25) is 5.15 Å². The van der Waals surface area contributed by atoms with Gasteiger partial charge in [0.15, 0.2) is 0 Å². The Hall–Kier alpha value is -0.760. The van der Waals surface area contributed by atoms with Crippen molar-refractivity contribution in [3.8, 4) is 0 Å². The average Bonchev–Trinajstić information content (AvgIpc) is 2.28. The zero-order valence-corrected chi connectivity index (χ0v) is 12.0. The Morgan fingerprint density at radius 1 is 1.28 bits per heavy atom. The number of rotatable bonds is 1. The van der Waals surface area contributed by atoms with E-state index >= 15 is 0 Å². The van der Waals surface area contributed by atoms with Crippen molar-refractivity contribution < 1.29 is 13.2 Å². The van der Waals surface area contributed by atoms with Gasteiger partial charge in [-0.3, -0.25) is 0 Å². The van der Waals surface area contributed by atoms with E-state index in [0.717, 1.165) is 5.57 Å². The minimum absolute atomic E-state index is 0.0954. The van der Waals surface area contributed by atoms with E-state index in [-0.39, 0.29) is 31.6 Å². The molecular formula is C11H7ClF3IN2. The molecule has 2 rings (SSSR count). The lowest BCUT2D eigenvalue weighted by Gasteiger charge is -2.12. The molecule has 1 aromatic rings. The molecule has 0 aromatic carbocycles. The van der Waals surface area contributed by atoms with Gasteiger partial charge in [0.2, 0.25) is 5.82 Å². The minimum atomic E-state index is -4.58. The Morgan fingerprint density at radius 2 is 2.00 bits per heavy atom. The van der Waals surface area contributed by atoms with E-state index in [1.807, 2.05) is 20.2 Å². The maximum Gasteiger partial charge on any atom is 0.451 e. The predicted molar refractivity (Wildman–Crippen MR) is 74.0 cm³/mol. The Kier molecular flexibility index (Phi) is 3.86. The lowest BCUT2D eigenvalue weighted by atomic mass is 10.1. The maximum absolute atomic E-state index is 12.5. The molecule has 0 saturated heterocycles. The molecule has 0 spiro atoms. The second-order valence-electron chi connectivity index (χ2n) is 3.46. The third-order valence-corrected chi connectivity index (χ3v) is 4.04. The van der Waals surface area contributed by atoms with E-state index in [9.17, 15) is 13.2 Å². The van der Waals surface area contributed by atoms with Crippen LogP contribution < -0.4 is 0 Å². The fraction of sp³-hybridized carbons (Fsp3) is 0.182. The summed E-state index contributed by atoms with van der Waals surface area (Å²) in [7, 11) is 0. The standard InChI is InChI=1S/C11H7ClF3IN2/c1-6-8(7-2-4-16-5-3-7)9(12)18-10(17-6)11(13,14)15/h2-5H,1H3. The number of aryl methyl sites for hydroxylation is 1. The molecule has 18 heavy (non-hydrogen) atoms. The molecule has 0 atom stereocenters. The van der Waals surface area contributed by atoms with Crippen molar-refractivity contribution in [3.05, 3.63) is 38.5 Å². The van der Waals surface area contributed by atoms with Crippen LogP contribution in [0.5, 0.6) is 0 Å². The fourth-order valence-corrected chi connectivity index (χ4v) is 3.22. The van der Waals surface area contributed by atoms with Gasteiger partial charge < -0.3 is 0 Å². The van der Waals surface area contributed by atoms with E-state index in [1.165, 1.54) is 6.92 Å². The second kappa shape index (κ2) is 5.08. The largest absolute Gasteiger partial charge is 0.451 e. The first-order chi connectivity index (χ1) is 8.39. The van der Waals surface area contributed by atoms with Gasteiger partial charge in [0, 0.05) is 5.56 Å². The van der Waals surface area contributed by atoms with Gasteiger partial charge in [-0.25, -0.2) is 9.97 Å². The number of halogens is 5. The lowest BCUT2D eigenvalue weighted by molar-refractivity contribution is -0.145. The van der Waals surface area contributed by atoms with Crippen LogP contribution in [0.4, 0.5) is 13.2 Å². The molecule has 0 bridgehead atoms. The average molecular weight is 387 g/mol. The lowest BCUT2D eigenvalue weighted by Crippen LogP contribution is -2.13. The van der Waals surface area contributed by atoms with Crippen LogP contribution in [0.25, 0.3) is 5.57 Å². The van der Waals surface area contributed by atoms with Crippen LogP contribution in [0.3, 0.4) is 0 Å². The number of aromatic nitrogens is 2. The smallest absolute Gasteiger partial charge is 0.229 e. The fourth-order valence-electron chi connectivity index (χ4n) is 1.47. The Labute approximate surface area is 116 Å². The first-order valence-corrected chi connectivity index (χ1v) is 7.70. The van der Waals surface area contributed by atoms with Crippen LogP contribution in [0.15, 0.2) is 16.2 Å². The Bertz CT molecular complexity index is 553. The molecule has 0 unspecified atom stereocenters. The third kappa shape index (κ3) is 2.80. The molecule has 0 aliphatic carbocycles. The highest BCUT2D eigenvalue weighted by Crippen LogP contribution is 2.32. The van der Waals surface area contributed by atoms with Crippen LogP contribution in [0.1, 0.15) is 17.1 Å². The zero-order chi connectivity index (χ0) is 13.3. The molecule has 96 valence electrons. The quantitative estimate of drug-likeness (QED) is 0.535. The monoisotopic (exact) mass is 386 g/mol. The third-order valence-electron chi connectivity index (χ3n) is 2.22. The van der Waals surface area contributed by atoms with Gasteiger partial charge in [0.05, 0.1) is 5.69 Å². The number of alkyl halides is 3. The van der Waals surface area contributed by atoms with Crippen molar-refractivity contribution in [2.24, 2.45) is 0 Å². The van der Waals surface area contributed by atoms with Crippen molar-refractivity contribution in [1.29, 1.82) is 0 Å². The number of allylic oxidation sites excluding steroid dienone is 3. The Balaban J connectivity index is 2.55. The molecule has 1 aliphatic rings. The maximum atomic E-state index is 12.5. The normalized spacial score (nSPS) is 15.3. The predicted octanol–water partition coefficient (Wildman–Crippen LogP) is 4.14. The first kappa shape index (κ1) is 13.7. The van der Waals surface area contributed by atoms with Crippen LogP contribution >= 0.6 is 32.3 Å². The van der Waals surface area contributed by atoms with Crippen LogP contribution in [-0.4, -0.2) is 14.0 Å². The Morgan fingerprint density at radius 3 is 2.50 bits per heavy atom. The van der Waals surface area contributed by atoms with Crippen LogP contribution in [0, 0.1) is 6.92 Å². The van der Waals surface area contributed by atoms with Crippen molar-refractivity contribution in [3.63, 3.8) is 0 Å². The highest BCUT2D eigenvalue weighted by molar-refractivity contribution is 14.2. The summed E-state index contributed by atoms with van der Waals surface area (Å²) in [5.74, 6) is -1.20. The molecule has 0 saturated carbocycles. The highest BCUT2D eigenvalue weighted by Gasteiger charge is 2.35. The van der Waals surface area contributed by atoms with Gasteiger partial charge in [-0.2, -0.15) is 13.2 Å². The summed E-state index contributed by atoms with van der Waals surface area (Å²) in [6, 6.07) is 0. The molecule has 1 aliphatic heterocycles. The van der Waals surface area contributed by atoms with Gasteiger partial charge in [0.1, 0.15) is 5.15 Å². The molecular weight excluding hydrogens is 379 g/mol. The van der Waals surface area contributed by atoms with Gasteiger partial charge in [-0.15, -0.1) is 0 Å². The van der Waals surface area contributed by atoms with E-state index in [1.54, 1.807) is 0 Å². The summed E-state index contributed by atoms with van der Waals surface area (Å²) >= 11 is 5.75. The van der Waals surface area contributed by atoms with Crippen molar-refractivity contribution >= 4 is 41.9 Å². The molecule has 1 aromatic heterocycles. The number of hydrogen-bond acceptors (Lipinski definition) is 2. The summed E-state index contributed by atoms with van der Waals surface area (Å²) < 4.78 is 41.5. The summed E-state index contributed by atoms with van der Waals surface area (Å²) in [5.41, 5.74) is 1.43. The number of hydrogen-bond donors (Lipinski definition) is 0. The summed E-state index contributed by atoms with van der Waals surface area (Å²) in [4.78, 5) is 6.81. The summed E-state index contributed by atoms with van der Waals surface area (Å²) in [6.07, 6.45) is -0.891. The van der Waals surface area contributed by atoms with Crippen LogP contribution in [-0.2, 0) is 6.18 Å². The van der Waals surface area contributed by atoms with Gasteiger partial charge in [-0.05, 0) is 32.7 Å². The van der Waals surface area contributed by atoms with Gasteiger partial charge in [-0.1, -0.05) is 32.3 Å². The second-order valence-corrected chi connectivity index (χ2v) is 5.98. The van der Waals surface area contributed by atoms with Gasteiger partial charge in [0.25, 0.3) is 0 Å². The van der Waals surface area contributed by atoms with E-state index in [0.29, 0.717) is 5.56 Å². The molecule has 0 N–H and O–H groups in total. The van der Waals surface area contributed by atoms with Gasteiger partial charge >= 0.3 is 6.18 Å². The van der Waals surface area contributed by atoms with Crippen molar-refractivity contribution in [1.82, 2.24) is 9.97 Å². The van der Waals surface area contributed by atoms with Crippen molar-refractivity contribution in [2.75, 3.05) is 0 Å². The van der Waals surface area contributed by atoms with E-state index in [2.05, 4.69) is 9.97 Å².